The van der Waals surface area contributed by atoms with Crippen LogP contribution in [0.4, 0.5) is 0 Å². The van der Waals surface area contributed by atoms with Crippen molar-refractivity contribution in [2.24, 2.45) is 0 Å². The Hall–Kier alpha value is -1.04. The number of rotatable bonds is 8. The van der Waals surface area contributed by atoms with E-state index in [1.54, 1.807) is 11.8 Å². The molecule has 1 aromatic carbocycles. The number of benzene rings is 1. The van der Waals surface area contributed by atoms with Gasteiger partial charge in [-0.3, -0.25) is 4.79 Å². The minimum Gasteiger partial charge on any atom is -0.355 e. The van der Waals surface area contributed by atoms with Gasteiger partial charge in [0, 0.05) is 38.5 Å². The normalized spacial score (nSPS) is 17.8. The Morgan fingerprint density at radius 2 is 1.91 bits per heavy atom. The van der Waals surface area contributed by atoms with E-state index in [0.29, 0.717) is 0 Å². The highest BCUT2D eigenvalue weighted by Crippen LogP contribution is 2.17. The summed E-state index contributed by atoms with van der Waals surface area (Å²) in [7, 11) is 2.17. The molecule has 1 N–H and O–H groups in total. The van der Waals surface area contributed by atoms with E-state index in [1.165, 1.54) is 5.56 Å². The predicted octanol–water partition coefficient (Wildman–Crippen LogP) is 2.06. The summed E-state index contributed by atoms with van der Waals surface area (Å²) < 4.78 is 0. The van der Waals surface area contributed by atoms with Gasteiger partial charge in [-0.05, 0) is 32.5 Å². The maximum absolute atomic E-state index is 12.1. The Bertz CT molecular complexity index is 461. The third-order valence-electron chi connectivity index (χ3n) is 4.26. The van der Waals surface area contributed by atoms with Crippen molar-refractivity contribution in [2.75, 3.05) is 46.3 Å². The van der Waals surface area contributed by atoms with Crippen molar-refractivity contribution in [3.8, 4) is 0 Å². The van der Waals surface area contributed by atoms with Crippen LogP contribution in [0.25, 0.3) is 0 Å². The van der Waals surface area contributed by atoms with E-state index >= 15 is 0 Å². The number of likely N-dealkylation sites (N-methyl/N-ethyl adjacent to an activating group) is 1. The van der Waals surface area contributed by atoms with Gasteiger partial charge in [-0.25, -0.2) is 0 Å². The van der Waals surface area contributed by atoms with E-state index in [2.05, 4.69) is 34.3 Å². The molecule has 5 heteroatoms. The molecular formula is C18H29N3OS. The first-order valence-corrected chi connectivity index (χ1v) is 9.54. The van der Waals surface area contributed by atoms with Gasteiger partial charge in [0.2, 0.25) is 5.91 Å². The number of thioether (sulfide) groups is 1. The summed E-state index contributed by atoms with van der Waals surface area (Å²) in [6.45, 7) is 8.45. The van der Waals surface area contributed by atoms with Crippen LogP contribution in [0.5, 0.6) is 0 Å². The van der Waals surface area contributed by atoms with E-state index in [-0.39, 0.29) is 11.2 Å². The number of hydrogen-bond donors (Lipinski definition) is 1. The number of amides is 1. The van der Waals surface area contributed by atoms with Gasteiger partial charge in [0.15, 0.2) is 0 Å². The molecule has 0 radical (unpaired) electrons. The van der Waals surface area contributed by atoms with Crippen molar-refractivity contribution in [3.63, 3.8) is 0 Å². The Balaban J connectivity index is 1.55. The molecular weight excluding hydrogens is 306 g/mol. The second-order valence-corrected chi connectivity index (χ2v) is 7.56. The number of carbonyl (C=O) groups is 1. The number of piperazine rings is 1. The van der Waals surface area contributed by atoms with E-state index in [4.69, 9.17) is 0 Å². The largest absolute Gasteiger partial charge is 0.355 e. The third-order valence-corrected chi connectivity index (χ3v) is 5.47. The molecule has 0 aromatic heterocycles. The fourth-order valence-corrected chi connectivity index (χ4v) is 3.47. The fraction of sp³-hybridized carbons (Fsp3) is 0.611. The molecule has 128 valence electrons. The molecule has 0 bridgehead atoms. The molecule has 0 aliphatic carbocycles. The highest BCUT2D eigenvalue weighted by molar-refractivity contribution is 7.99. The second kappa shape index (κ2) is 9.96. The van der Waals surface area contributed by atoms with Gasteiger partial charge in [0.1, 0.15) is 0 Å². The Morgan fingerprint density at radius 3 is 2.61 bits per heavy atom. The van der Waals surface area contributed by atoms with Gasteiger partial charge in [-0.2, -0.15) is 0 Å². The zero-order chi connectivity index (χ0) is 16.5. The molecule has 4 nitrogen and oxygen atoms in total. The minimum absolute atomic E-state index is 0.00107. The van der Waals surface area contributed by atoms with Crippen LogP contribution < -0.4 is 5.32 Å². The average Bonchev–Trinajstić information content (AvgIpc) is 2.59. The SMILES string of the molecule is C[C@H](SCc1ccccc1)C(=O)NCCCN1CCN(C)CC1. The van der Waals surface area contributed by atoms with Crippen LogP contribution in [-0.4, -0.2) is 67.3 Å². The van der Waals surface area contributed by atoms with Crippen molar-refractivity contribution >= 4 is 17.7 Å². The summed E-state index contributed by atoms with van der Waals surface area (Å²) in [5.41, 5.74) is 1.27. The number of nitrogens with one attached hydrogen (secondary N) is 1. The molecule has 1 heterocycles. The van der Waals surface area contributed by atoms with Crippen LogP contribution in [0.15, 0.2) is 30.3 Å². The van der Waals surface area contributed by atoms with Gasteiger partial charge in [0.05, 0.1) is 5.25 Å². The van der Waals surface area contributed by atoms with Crippen LogP contribution in [0, 0.1) is 0 Å². The summed E-state index contributed by atoms with van der Waals surface area (Å²) in [4.78, 5) is 17.0. The van der Waals surface area contributed by atoms with Gasteiger partial charge >= 0.3 is 0 Å². The monoisotopic (exact) mass is 335 g/mol. The lowest BCUT2D eigenvalue weighted by molar-refractivity contribution is -0.120. The Morgan fingerprint density at radius 1 is 1.22 bits per heavy atom. The molecule has 1 atom stereocenters. The molecule has 1 fully saturated rings. The summed E-state index contributed by atoms with van der Waals surface area (Å²) in [5, 5.41) is 3.07. The molecule has 23 heavy (non-hydrogen) atoms. The summed E-state index contributed by atoms with van der Waals surface area (Å²) in [5.74, 6) is 1.04. The first-order chi connectivity index (χ1) is 11.1. The Labute approximate surface area is 144 Å². The van der Waals surface area contributed by atoms with Crippen LogP contribution in [0.1, 0.15) is 18.9 Å². The zero-order valence-corrected chi connectivity index (χ0v) is 15.1. The smallest absolute Gasteiger partial charge is 0.232 e. The van der Waals surface area contributed by atoms with Crippen molar-refractivity contribution in [1.82, 2.24) is 15.1 Å². The first kappa shape index (κ1) is 18.3. The van der Waals surface area contributed by atoms with Crippen LogP contribution in [0.3, 0.4) is 0 Å². The molecule has 1 saturated heterocycles. The van der Waals surface area contributed by atoms with E-state index in [0.717, 1.165) is 51.4 Å². The minimum atomic E-state index is -0.00107. The van der Waals surface area contributed by atoms with Crippen LogP contribution >= 0.6 is 11.8 Å². The maximum Gasteiger partial charge on any atom is 0.232 e. The standard InChI is InChI=1S/C18H29N3OS/c1-16(23-15-17-7-4-3-5-8-17)18(22)19-9-6-10-21-13-11-20(2)12-14-21/h3-5,7-8,16H,6,9-15H2,1-2H3,(H,19,22)/t16-/m0/s1. The first-order valence-electron chi connectivity index (χ1n) is 8.49. The molecule has 1 amide bonds. The van der Waals surface area contributed by atoms with Crippen molar-refractivity contribution in [1.29, 1.82) is 0 Å². The molecule has 0 saturated carbocycles. The lowest BCUT2D eigenvalue weighted by atomic mass is 10.2. The van der Waals surface area contributed by atoms with Gasteiger partial charge in [0.25, 0.3) is 0 Å². The van der Waals surface area contributed by atoms with Gasteiger partial charge < -0.3 is 15.1 Å². The quantitative estimate of drug-likeness (QED) is 0.738. The van der Waals surface area contributed by atoms with E-state index in [1.807, 2.05) is 25.1 Å². The lowest BCUT2D eigenvalue weighted by Crippen LogP contribution is -2.45. The van der Waals surface area contributed by atoms with Crippen molar-refractivity contribution < 1.29 is 4.79 Å². The third kappa shape index (κ3) is 6.94. The molecule has 0 unspecified atom stereocenters. The fourth-order valence-electron chi connectivity index (χ4n) is 2.60. The van der Waals surface area contributed by atoms with Crippen LogP contribution in [-0.2, 0) is 10.5 Å². The average molecular weight is 336 g/mol. The summed E-state index contributed by atoms with van der Waals surface area (Å²) in [6.07, 6.45) is 1.03. The molecule has 1 aliphatic heterocycles. The number of carbonyl (C=O) groups excluding carboxylic acids is 1. The second-order valence-electron chi connectivity index (χ2n) is 6.23. The topological polar surface area (TPSA) is 35.6 Å². The molecule has 0 spiro atoms. The number of hydrogen-bond acceptors (Lipinski definition) is 4. The van der Waals surface area contributed by atoms with Crippen molar-refractivity contribution in [2.45, 2.75) is 24.3 Å². The Kier molecular flexibility index (Phi) is 7.92. The predicted molar refractivity (Wildman–Crippen MR) is 98.8 cm³/mol. The van der Waals surface area contributed by atoms with E-state index in [9.17, 15) is 4.79 Å². The highest BCUT2D eigenvalue weighted by atomic mass is 32.2. The van der Waals surface area contributed by atoms with Gasteiger partial charge in [-0.1, -0.05) is 30.3 Å². The summed E-state index contributed by atoms with van der Waals surface area (Å²) >= 11 is 1.70. The molecule has 1 aromatic rings. The lowest BCUT2D eigenvalue weighted by Gasteiger charge is -2.32. The highest BCUT2D eigenvalue weighted by Gasteiger charge is 2.15. The van der Waals surface area contributed by atoms with Crippen LogP contribution in [0.2, 0.25) is 0 Å². The number of nitrogens with zero attached hydrogens (tertiary/aromatic N) is 2. The zero-order valence-electron chi connectivity index (χ0n) is 14.3. The maximum atomic E-state index is 12.1. The molecule has 1 aliphatic rings. The summed E-state index contributed by atoms with van der Waals surface area (Å²) in [6, 6.07) is 10.3. The van der Waals surface area contributed by atoms with Gasteiger partial charge in [-0.15, -0.1) is 11.8 Å². The van der Waals surface area contributed by atoms with Crippen molar-refractivity contribution in [3.05, 3.63) is 35.9 Å². The molecule has 2 rings (SSSR count). The van der Waals surface area contributed by atoms with E-state index < -0.39 is 0 Å².